The topological polar surface area (TPSA) is 55.3 Å². The van der Waals surface area contributed by atoms with Crippen LogP contribution in [0.4, 0.5) is 6.01 Å². The SMILES string of the molecule is CCCCCCCCCCc1ccc2oc(N3CC[C@@H](N)C3)nc2c1.Cl. The standard InChI is InChI=1S/C21H33N3O.ClH/c1-2-3-4-5-6-7-8-9-10-17-11-12-20-19(15-17)23-21(25-20)24-14-13-18(22)16-24;/h11-12,15,18H,2-10,13-14,16,22H2,1H3;1H/t18-;/m1./s1. The molecule has 5 heteroatoms. The molecule has 0 aliphatic carbocycles. The molecule has 2 N–H and O–H groups in total. The van der Waals surface area contributed by atoms with E-state index in [9.17, 15) is 0 Å². The van der Waals surface area contributed by atoms with E-state index in [0.717, 1.165) is 43.0 Å². The average molecular weight is 380 g/mol. The summed E-state index contributed by atoms with van der Waals surface area (Å²) in [5, 5.41) is 0. The third-order valence-electron chi connectivity index (χ3n) is 5.25. The highest BCUT2D eigenvalue weighted by Gasteiger charge is 2.23. The van der Waals surface area contributed by atoms with Crippen molar-refractivity contribution in [1.29, 1.82) is 0 Å². The van der Waals surface area contributed by atoms with Crippen LogP contribution in [0.5, 0.6) is 0 Å². The number of nitrogens with two attached hydrogens (primary N) is 1. The zero-order chi connectivity index (χ0) is 17.5. The maximum Gasteiger partial charge on any atom is 0.298 e. The Kier molecular flexibility index (Phi) is 8.73. The fraction of sp³-hybridized carbons (Fsp3) is 0.667. The summed E-state index contributed by atoms with van der Waals surface area (Å²) in [6, 6.07) is 7.43. The molecule has 1 aliphatic rings. The molecule has 0 unspecified atom stereocenters. The van der Waals surface area contributed by atoms with Gasteiger partial charge < -0.3 is 15.1 Å². The van der Waals surface area contributed by atoms with Gasteiger partial charge in [0.25, 0.3) is 6.01 Å². The van der Waals surface area contributed by atoms with Crippen LogP contribution in [-0.2, 0) is 6.42 Å². The second-order valence-electron chi connectivity index (χ2n) is 7.52. The van der Waals surface area contributed by atoms with Crippen molar-refractivity contribution >= 4 is 29.5 Å². The van der Waals surface area contributed by atoms with E-state index in [-0.39, 0.29) is 18.4 Å². The number of aryl methyl sites for hydroxylation is 1. The van der Waals surface area contributed by atoms with E-state index in [4.69, 9.17) is 10.2 Å². The van der Waals surface area contributed by atoms with Crippen LogP contribution in [0, 0.1) is 0 Å². The third kappa shape index (κ3) is 5.88. The van der Waals surface area contributed by atoms with Crippen LogP contribution in [0.25, 0.3) is 11.1 Å². The lowest BCUT2D eigenvalue weighted by Crippen LogP contribution is -2.26. The average Bonchev–Trinajstić information content (AvgIpc) is 3.22. The minimum absolute atomic E-state index is 0. The molecule has 0 saturated carbocycles. The van der Waals surface area contributed by atoms with E-state index in [2.05, 4.69) is 35.0 Å². The third-order valence-corrected chi connectivity index (χ3v) is 5.25. The summed E-state index contributed by atoms with van der Waals surface area (Å²) in [4.78, 5) is 6.84. The zero-order valence-electron chi connectivity index (χ0n) is 16.1. The van der Waals surface area contributed by atoms with Gasteiger partial charge in [-0.3, -0.25) is 0 Å². The normalized spacial score (nSPS) is 17.0. The fourth-order valence-corrected chi connectivity index (χ4v) is 3.68. The number of nitrogens with zero attached hydrogens (tertiary/aromatic N) is 2. The Balaban J connectivity index is 0.00000243. The number of oxazole rings is 1. The lowest BCUT2D eigenvalue weighted by molar-refractivity contribution is 0.575. The molecule has 0 bridgehead atoms. The lowest BCUT2D eigenvalue weighted by atomic mass is 10.0. The highest BCUT2D eigenvalue weighted by molar-refractivity contribution is 5.85. The predicted octanol–water partition coefficient (Wildman–Crippen LogP) is 5.47. The molecule has 0 amide bonds. The first-order valence-corrected chi connectivity index (χ1v) is 10.2. The minimum Gasteiger partial charge on any atom is -0.423 e. The van der Waals surface area contributed by atoms with Crippen LogP contribution in [0.2, 0.25) is 0 Å². The van der Waals surface area contributed by atoms with Crippen LogP contribution < -0.4 is 10.6 Å². The van der Waals surface area contributed by atoms with Crippen LogP contribution in [0.1, 0.15) is 70.3 Å². The van der Waals surface area contributed by atoms with E-state index in [1.54, 1.807) is 0 Å². The fourth-order valence-electron chi connectivity index (χ4n) is 3.68. The van der Waals surface area contributed by atoms with Crippen LogP contribution >= 0.6 is 12.4 Å². The van der Waals surface area contributed by atoms with Crippen LogP contribution in [0.3, 0.4) is 0 Å². The molecule has 1 aliphatic heterocycles. The van der Waals surface area contributed by atoms with Gasteiger partial charge in [-0.15, -0.1) is 12.4 Å². The summed E-state index contributed by atoms with van der Waals surface area (Å²) < 4.78 is 5.90. The van der Waals surface area contributed by atoms with Gasteiger partial charge in [0.15, 0.2) is 5.58 Å². The van der Waals surface area contributed by atoms with Crippen LogP contribution in [0.15, 0.2) is 22.6 Å². The Morgan fingerprint density at radius 2 is 1.85 bits per heavy atom. The molecule has 0 radical (unpaired) electrons. The quantitative estimate of drug-likeness (QED) is 0.556. The smallest absolute Gasteiger partial charge is 0.298 e. The van der Waals surface area contributed by atoms with E-state index in [1.807, 2.05) is 0 Å². The number of hydrogen-bond donors (Lipinski definition) is 1. The van der Waals surface area contributed by atoms with Crippen molar-refractivity contribution in [3.05, 3.63) is 23.8 Å². The second kappa shape index (κ2) is 10.8. The van der Waals surface area contributed by atoms with Gasteiger partial charge in [-0.1, -0.05) is 57.9 Å². The van der Waals surface area contributed by atoms with Gasteiger partial charge in [0.05, 0.1) is 0 Å². The number of rotatable bonds is 10. The Morgan fingerprint density at radius 3 is 2.54 bits per heavy atom. The number of fused-ring (bicyclic) bond motifs is 1. The van der Waals surface area contributed by atoms with Crippen LogP contribution in [-0.4, -0.2) is 24.1 Å². The summed E-state index contributed by atoms with van der Waals surface area (Å²) in [6.45, 7) is 4.06. The van der Waals surface area contributed by atoms with Crippen molar-refractivity contribution in [1.82, 2.24) is 4.98 Å². The molecule has 2 heterocycles. The molecule has 1 saturated heterocycles. The Morgan fingerprint density at radius 1 is 1.12 bits per heavy atom. The van der Waals surface area contributed by atoms with Crippen molar-refractivity contribution < 1.29 is 4.42 Å². The predicted molar refractivity (Wildman–Crippen MR) is 112 cm³/mol. The summed E-state index contributed by atoms with van der Waals surface area (Å²) in [6.07, 6.45) is 13.1. The van der Waals surface area contributed by atoms with E-state index in [1.165, 1.54) is 56.9 Å². The number of unbranched alkanes of at least 4 members (excludes halogenated alkanes) is 7. The van der Waals surface area contributed by atoms with Gasteiger partial charge in [0, 0.05) is 19.1 Å². The molecular formula is C21H34ClN3O. The van der Waals surface area contributed by atoms with Crippen molar-refractivity contribution in [2.75, 3.05) is 18.0 Å². The van der Waals surface area contributed by atoms with Gasteiger partial charge >= 0.3 is 0 Å². The molecule has 1 aromatic carbocycles. The van der Waals surface area contributed by atoms with E-state index in [0.29, 0.717) is 0 Å². The highest BCUT2D eigenvalue weighted by Crippen LogP contribution is 2.25. The molecule has 1 fully saturated rings. The molecule has 26 heavy (non-hydrogen) atoms. The van der Waals surface area contributed by atoms with Gasteiger partial charge in [0.1, 0.15) is 5.52 Å². The highest BCUT2D eigenvalue weighted by atomic mass is 35.5. The monoisotopic (exact) mass is 379 g/mol. The maximum absolute atomic E-state index is 5.98. The van der Waals surface area contributed by atoms with Gasteiger partial charge in [0.2, 0.25) is 0 Å². The number of anilines is 1. The van der Waals surface area contributed by atoms with E-state index >= 15 is 0 Å². The van der Waals surface area contributed by atoms with Crippen molar-refractivity contribution in [2.45, 2.75) is 77.2 Å². The summed E-state index contributed by atoms with van der Waals surface area (Å²) in [7, 11) is 0. The van der Waals surface area contributed by atoms with Gasteiger partial charge in [-0.25, -0.2) is 0 Å². The number of aromatic nitrogens is 1. The molecule has 146 valence electrons. The molecule has 1 aromatic heterocycles. The Bertz CT molecular complexity index is 658. The first-order chi connectivity index (χ1) is 12.3. The largest absolute Gasteiger partial charge is 0.423 e. The second-order valence-corrected chi connectivity index (χ2v) is 7.52. The maximum atomic E-state index is 5.98. The van der Waals surface area contributed by atoms with Gasteiger partial charge in [-0.2, -0.15) is 4.98 Å². The number of benzene rings is 1. The molecule has 0 spiro atoms. The summed E-state index contributed by atoms with van der Waals surface area (Å²) in [5.41, 5.74) is 9.22. The minimum atomic E-state index is 0. The molecule has 3 rings (SSSR count). The summed E-state index contributed by atoms with van der Waals surface area (Å²) >= 11 is 0. The van der Waals surface area contributed by atoms with Gasteiger partial charge in [-0.05, 0) is 37.0 Å². The molecular weight excluding hydrogens is 346 g/mol. The summed E-state index contributed by atoms with van der Waals surface area (Å²) in [5.74, 6) is 0. The zero-order valence-corrected chi connectivity index (χ0v) is 16.9. The molecule has 4 nitrogen and oxygen atoms in total. The lowest BCUT2D eigenvalue weighted by Gasteiger charge is -2.11. The Hall–Kier alpha value is -1.26. The Labute approximate surface area is 163 Å². The molecule has 2 aromatic rings. The van der Waals surface area contributed by atoms with Crippen molar-refractivity contribution in [3.63, 3.8) is 0 Å². The van der Waals surface area contributed by atoms with E-state index < -0.39 is 0 Å². The number of hydrogen-bond acceptors (Lipinski definition) is 4. The first kappa shape index (κ1) is 21.0. The van der Waals surface area contributed by atoms with Crippen molar-refractivity contribution in [2.24, 2.45) is 5.73 Å². The number of halogens is 1. The van der Waals surface area contributed by atoms with Crippen molar-refractivity contribution in [3.8, 4) is 0 Å². The first-order valence-electron chi connectivity index (χ1n) is 10.2. The molecule has 1 atom stereocenters.